The maximum absolute atomic E-state index is 12.2. The monoisotopic (exact) mass is 352 g/mol. The van der Waals surface area contributed by atoms with Crippen molar-refractivity contribution in [3.05, 3.63) is 16.5 Å². The van der Waals surface area contributed by atoms with Gasteiger partial charge in [0.25, 0.3) is 0 Å². The Labute approximate surface area is 120 Å². The molecule has 0 bridgehead atoms. The molecule has 19 heavy (non-hydrogen) atoms. The summed E-state index contributed by atoms with van der Waals surface area (Å²) >= 11 is 3.09. The quantitative estimate of drug-likeness (QED) is 0.805. The van der Waals surface area contributed by atoms with Crippen LogP contribution in [0, 0.1) is 0 Å². The van der Waals surface area contributed by atoms with Crippen LogP contribution >= 0.6 is 15.9 Å². The van der Waals surface area contributed by atoms with Crippen LogP contribution < -0.4 is 10.5 Å². The average molecular weight is 353 g/mol. The fraction of sp³-hybridized carbons (Fsp3) is 0.636. The number of furan rings is 1. The number of nitrogens with two attached hydrogens (primary N) is 1. The third-order valence-electron chi connectivity index (χ3n) is 3.02. The summed E-state index contributed by atoms with van der Waals surface area (Å²) in [6, 6.07) is 1.36. The number of hydrogen-bond acceptors (Lipinski definition) is 5. The van der Waals surface area contributed by atoms with E-state index in [4.69, 9.17) is 14.9 Å². The van der Waals surface area contributed by atoms with E-state index < -0.39 is 10.0 Å². The molecule has 108 valence electrons. The third-order valence-corrected chi connectivity index (χ3v) is 5.39. The van der Waals surface area contributed by atoms with Gasteiger partial charge in [-0.2, -0.15) is 0 Å². The third kappa shape index (κ3) is 3.38. The van der Waals surface area contributed by atoms with Gasteiger partial charge in [-0.05, 0) is 35.7 Å². The van der Waals surface area contributed by atoms with Crippen molar-refractivity contribution in [2.45, 2.75) is 43.4 Å². The van der Waals surface area contributed by atoms with Crippen LogP contribution in [0.2, 0.25) is 0 Å². The summed E-state index contributed by atoms with van der Waals surface area (Å²) in [6.07, 6.45) is 1.56. The highest BCUT2D eigenvalue weighted by Crippen LogP contribution is 2.29. The van der Waals surface area contributed by atoms with Gasteiger partial charge in [-0.25, -0.2) is 13.1 Å². The second kappa shape index (κ2) is 5.92. The van der Waals surface area contributed by atoms with Gasteiger partial charge in [0.2, 0.25) is 10.0 Å². The van der Waals surface area contributed by atoms with Crippen molar-refractivity contribution in [1.29, 1.82) is 0 Å². The first-order valence-corrected chi connectivity index (χ1v) is 8.36. The highest BCUT2D eigenvalue weighted by Gasteiger charge is 2.34. The molecule has 0 aromatic carbocycles. The topological polar surface area (TPSA) is 94.6 Å². The summed E-state index contributed by atoms with van der Waals surface area (Å²) in [5.74, 6) is 0.424. The van der Waals surface area contributed by atoms with Crippen molar-refractivity contribution in [2.24, 2.45) is 5.73 Å². The minimum Gasteiger partial charge on any atom is -0.452 e. The number of ether oxygens (including phenoxy) is 1. The van der Waals surface area contributed by atoms with Gasteiger partial charge in [-0.3, -0.25) is 0 Å². The highest BCUT2D eigenvalue weighted by atomic mass is 79.9. The predicted molar refractivity (Wildman–Crippen MR) is 73.1 cm³/mol. The molecule has 1 aliphatic carbocycles. The largest absolute Gasteiger partial charge is 0.452 e. The van der Waals surface area contributed by atoms with Crippen LogP contribution in [0.5, 0.6) is 0 Å². The molecule has 0 aliphatic heterocycles. The molecule has 1 aromatic heterocycles. The van der Waals surface area contributed by atoms with Gasteiger partial charge in [0.05, 0.1) is 12.6 Å². The number of sulfonamides is 1. The molecule has 3 N–H and O–H groups in total. The van der Waals surface area contributed by atoms with Crippen molar-refractivity contribution >= 4 is 26.0 Å². The lowest BCUT2D eigenvalue weighted by molar-refractivity contribution is -0.00476. The molecule has 1 aliphatic rings. The smallest absolute Gasteiger partial charge is 0.245 e. The molecule has 1 fully saturated rings. The van der Waals surface area contributed by atoms with Crippen LogP contribution in [0.3, 0.4) is 0 Å². The molecule has 1 saturated carbocycles. The molecule has 0 radical (unpaired) electrons. The van der Waals surface area contributed by atoms with Crippen molar-refractivity contribution in [1.82, 2.24) is 4.72 Å². The predicted octanol–water partition coefficient (Wildman–Crippen LogP) is 1.35. The van der Waals surface area contributed by atoms with Gasteiger partial charge in [0.1, 0.15) is 10.7 Å². The maximum Gasteiger partial charge on any atom is 0.245 e. The van der Waals surface area contributed by atoms with E-state index in [9.17, 15) is 8.42 Å². The van der Waals surface area contributed by atoms with Crippen LogP contribution in [-0.2, 0) is 21.3 Å². The zero-order valence-electron chi connectivity index (χ0n) is 10.6. The minimum atomic E-state index is -3.58. The molecule has 1 aromatic rings. The van der Waals surface area contributed by atoms with Crippen LogP contribution in [-0.4, -0.2) is 27.2 Å². The van der Waals surface area contributed by atoms with E-state index in [1.54, 1.807) is 0 Å². The molecular formula is C11H17BrN2O4S. The Kier molecular flexibility index (Phi) is 4.67. The maximum atomic E-state index is 12.2. The molecular weight excluding hydrogens is 336 g/mol. The first-order valence-electron chi connectivity index (χ1n) is 6.08. The van der Waals surface area contributed by atoms with Gasteiger partial charge < -0.3 is 14.9 Å². The van der Waals surface area contributed by atoms with Crippen molar-refractivity contribution < 1.29 is 17.6 Å². The van der Waals surface area contributed by atoms with Crippen LogP contribution in [0.25, 0.3) is 0 Å². The lowest BCUT2D eigenvalue weighted by Crippen LogP contribution is -2.47. The second-order valence-corrected chi connectivity index (χ2v) is 6.82. The summed E-state index contributed by atoms with van der Waals surface area (Å²) in [6.45, 7) is 2.73. The van der Waals surface area contributed by atoms with E-state index in [1.807, 2.05) is 6.92 Å². The summed E-state index contributed by atoms with van der Waals surface area (Å²) in [5.41, 5.74) is 5.42. The zero-order valence-corrected chi connectivity index (χ0v) is 13.0. The van der Waals surface area contributed by atoms with Crippen LogP contribution in [0.15, 0.2) is 20.0 Å². The van der Waals surface area contributed by atoms with E-state index in [-0.39, 0.29) is 28.3 Å². The Morgan fingerprint density at radius 3 is 2.79 bits per heavy atom. The average Bonchev–Trinajstić information content (AvgIpc) is 2.68. The lowest BCUT2D eigenvalue weighted by Gasteiger charge is -2.34. The van der Waals surface area contributed by atoms with Gasteiger partial charge >= 0.3 is 0 Å². The Morgan fingerprint density at radius 1 is 1.58 bits per heavy atom. The zero-order chi connectivity index (χ0) is 14.0. The van der Waals surface area contributed by atoms with Gasteiger partial charge in [0, 0.05) is 18.7 Å². The SMILES string of the molecule is CCOC1CC(NS(=O)(=O)c2cc(CN)oc2Br)C1. The van der Waals surface area contributed by atoms with Gasteiger partial charge in [0.15, 0.2) is 4.67 Å². The number of halogens is 1. The lowest BCUT2D eigenvalue weighted by atomic mass is 9.90. The van der Waals surface area contributed by atoms with E-state index in [2.05, 4.69) is 20.7 Å². The molecule has 1 heterocycles. The molecule has 0 unspecified atom stereocenters. The fourth-order valence-electron chi connectivity index (χ4n) is 2.00. The van der Waals surface area contributed by atoms with Crippen molar-refractivity contribution in [3.8, 4) is 0 Å². The summed E-state index contributed by atoms with van der Waals surface area (Å²) in [4.78, 5) is 0.0906. The summed E-state index contributed by atoms with van der Waals surface area (Å²) in [7, 11) is -3.58. The number of nitrogens with one attached hydrogen (secondary N) is 1. The molecule has 0 amide bonds. The number of rotatable bonds is 6. The van der Waals surface area contributed by atoms with E-state index in [0.717, 1.165) is 0 Å². The van der Waals surface area contributed by atoms with E-state index in [1.165, 1.54) is 6.07 Å². The second-order valence-electron chi connectivity index (χ2n) is 4.42. The summed E-state index contributed by atoms with van der Waals surface area (Å²) in [5, 5.41) is 0. The molecule has 6 nitrogen and oxygen atoms in total. The highest BCUT2D eigenvalue weighted by molar-refractivity contribution is 9.10. The fourth-order valence-corrected chi connectivity index (χ4v) is 4.26. The van der Waals surface area contributed by atoms with Gasteiger partial charge in [-0.15, -0.1) is 0 Å². The Hall–Kier alpha value is -0.410. The Morgan fingerprint density at radius 2 is 2.26 bits per heavy atom. The number of hydrogen-bond donors (Lipinski definition) is 2. The molecule has 2 rings (SSSR count). The van der Waals surface area contributed by atoms with E-state index >= 15 is 0 Å². The molecule has 0 saturated heterocycles. The first-order chi connectivity index (χ1) is 8.96. The van der Waals surface area contributed by atoms with Crippen LogP contribution in [0.1, 0.15) is 25.5 Å². The Bertz CT molecular complexity index is 537. The standard InChI is InChI=1S/C11H17BrN2O4S/c1-2-17-8-3-7(4-8)14-19(15,16)10-5-9(6-13)18-11(10)12/h5,7-8,14H,2-4,6,13H2,1H3. The normalized spacial score (nSPS) is 23.3. The van der Waals surface area contributed by atoms with Crippen LogP contribution in [0.4, 0.5) is 0 Å². The Balaban J connectivity index is 2.01. The van der Waals surface area contributed by atoms with Crippen molar-refractivity contribution in [2.75, 3.05) is 6.61 Å². The van der Waals surface area contributed by atoms with Crippen molar-refractivity contribution in [3.63, 3.8) is 0 Å². The minimum absolute atomic E-state index is 0.0790. The van der Waals surface area contributed by atoms with E-state index in [0.29, 0.717) is 25.2 Å². The molecule has 8 heteroatoms. The van der Waals surface area contributed by atoms with Gasteiger partial charge in [-0.1, -0.05) is 0 Å². The molecule has 0 atom stereocenters. The summed E-state index contributed by atoms with van der Waals surface area (Å²) < 4.78 is 37.7. The first kappa shape index (κ1) is 15.0. The molecule has 0 spiro atoms.